The molecule has 1 N–H and O–H groups in total. The number of alkyl halides is 6. The number of halogens is 6. The first-order chi connectivity index (χ1) is 9.05. The van der Waals surface area contributed by atoms with Crippen LogP contribution in [0.5, 0.6) is 0 Å². The van der Waals surface area contributed by atoms with E-state index in [1.165, 1.54) is 6.92 Å². The first-order valence-electron chi connectivity index (χ1n) is 5.28. The van der Waals surface area contributed by atoms with Crippen LogP contribution in [0, 0.1) is 0 Å². The summed E-state index contributed by atoms with van der Waals surface area (Å²) in [4.78, 5) is 11.1. The van der Waals surface area contributed by atoms with E-state index < -0.39 is 35.3 Å². The van der Waals surface area contributed by atoms with Crippen LogP contribution in [0.3, 0.4) is 0 Å². The van der Waals surface area contributed by atoms with E-state index >= 15 is 0 Å². The Balaban J connectivity index is 3.21. The molecular formula is C11H9F6NO2. The molecule has 0 atom stereocenters. The Bertz CT molecular complexity index is 495. The maximum absolute atomic E-state index is 12.7. The highest BCUT2D eigenvalue weighted by Gasteiger charge is 2.38. The molecule has 1 rings (SSSR count). The van der Waals surface area contributed by atoms with Crippen LogP contribution in [0.1, 0.15) is 18.1 Å². The highest BCUT2D eigenvalue weighted by molar-refractivity contribution is 5.85. The van der Waals surface area contributed by atoms with Gasteiger partial charge in [-0.1, -0.05) is 0 Å². The van der Waals surface area contributed by atoms with Gasteiger partial charge in [-0.3, -0.25) is 5.32 Å². The Morgan fingerprint density at radius 3 is 2.20 bits per heavy atom. The standard InChI is InChI=1S/C11H9F6NO2/c1-2-20-9(19)18-8-4-3-6(10(12,13)14)5-7(8)11(15,16)17/h3-5H,2H2,1H3,(H,18,19). The zero-order valence-electron chi connectivity index (χ0n) is 10.0. The number of nitrogens with one attached hydrogen (secondary N) is 1. The summed E-state index contributed by atoms with van der Waals surface area (Å²) in [5.74, 6) is 0. The summed E-state index contributed by atoms with van der Waals surface area (Å²) in [6, 6.07) is 0.904. The third-order valence-electron chi connectivity index (χ3n) is 2.16. The van der Waals surface area contributed by atoms with E-state index in [9.17, 15) is 31.1 Å². The predicted molar refractivity (Wildman–Crippen MR) is 57.1 cm³/mol. The lowest BCUT2D eigenvalue weighted by atomic mass is 10.1. The summed E-state index contributed by atoms with van der Waals surface area (Å²) >= 11 is 0. The summed E-state index contributed by atoms with van der Waals surface area (Å²) in [5, 5.41) is 1.75. The van der Waals surface area contributed by atoms with Gasteiger partial charge in [0.1, 0.15) is 0 Å². The van der Waals surface area contributed by atoms with Crippen molar-refractivity contribution in [2.75, 3.05) is 11.9 Å². The molecule has 1 aromatic rings. The van der Waals surface area contributed by atoms with Crippen molar-refractivity contribution in [3.8, 4) is 0 Å². The highest BCUT2D eigenvalue weighted by atomic mass is 19.4. The molecule has 0 aliphatic heterocycles. The Labute approximate surface area is 109 Å². The zero-order chi connectivity index (χ0) is 15.6. The lowest BCUT2D eigenvalue weighted by Crippen LogP contribution is -2.18. The van der Waals surface area contributed by atoms with Gasteiger partial charge >= 0.3 is 18.4 Å². The second kappa shape index (κ2) is 5.59. The minimum atomic E-state index is -5.05. The van der Waals surface area contributed by atoms with Gasteiger partial charge in [0.25, 0.3) is 0 Å². The third-order valence-corrected chi connectivity index (χ3v) is 2.16. The van der Waals surface area contributed by atoms with Crippen molar-refractivity contribution < 1.29 is 35.9 Å². The van der Waals surface area contributed by atoms with Crippen LogP contribution < -0.4 is 5.32 Å². The van der Waals surface area contributed by atoms with Crippen LogP contribution in [0.2, 0.25) is 0 Å². The van der Waals surface area contributed by atoms with E-state index in [1.807, 2.05) is 0 Å². The number of benzene rings is 1. The van der Waals surface area contributed by atoms with Gasteiger partial charge in [-0.15, -0.1) is 0 Å². The van der Waals surface area contributed by atoms with Gasteiger partial charge in [0.05, 0.1) is 23.4 Å². The van der Waals surface area contributed by atoms with Crippen LogP contribution in [0.15, 0.2) is 18.2 Å². The monoisotopic (exact) mass is 301 g/mol. The topological polar surface area (TPSA) is 38.3 Å². The fourth-order valence-corrected chi connectivity index (χ4v) is 1.34. The second-order valence-corrected chi connectivity index (χ2v) is 3.60. The van der Waals surface area contributed by atoms with E-state index in [1.54, 1.807) is 5.32 Å². The van der Waals surface area contributed by atoms with Crippen molar-refractivity contribution in [3.63, 3.8) is 0 Å². The van der Waals surface area contributed by atoms with Crippen LogP contribution in [-0.2, 0) is 17.1 Å². The molecule has 0 saturated carbocycles. The van der Waals surface area contributed by atoms with Gasteiger partial charge in [0.2, 0.25) is 0 Å². The van der Waals surface area contributed by atoms with Crippen molar-refractivity contribution in [1.82, 2.24) is 0 Å². The summed E-state index contributed by atoms with van der Waals surface area (Å²) in [7, 11) is 0. The summed E-state index contributed by atoms with van der Waals surface area (Å²) in [6.07, 6.45) is -11.1. The fourth-order valence-electron chi connectivity index (χ4n) is 1.34. The SMILES string of the molecule is CCOC(=O)Nc1ccc(C(F)(F)F)cc1C(F)(F)F. The number of carbonyl (C=O) groups excluding carboxylic acids is 1. The Kier molecular flexibility index (Phi) is 4.51. The normalized spacial score (nSPS) is 12.2. The van der Waals surface area contributed by atoms with Gasteiger partial charge in [-0.2, -0.15) is 26.3 Å². The molecular weight excluding hydrogens is 292 g/mol. The van der Waals surface area contributed by atoms with Gasteiger partial charge in [0, 0.05) is 0 Å². The molecule has 0 aromatic heterocycles. The first-order valence-corrected chi connectivity index (χ1v) is 5.28. The molecule has 3 nitrogen and oxygen atoms in total. The van der Waals surface area contributed by atoms with Crippen molar-refractivity contribution in [2.24, 2.45) is 0 Å². The summed E-state index contributed by atoms with van der Waals surface area (Å²) in [5.41, 5.74) is -3.86. The Hall–Kier alpha value is -1.93. The molecule has 0 radical (unpaired) electrons. The molecule has 0 aliphatic rings. The number of hydrogen-bond acceptors (Lipinski definition) is 2. The lowest BCUT2D eigenvalue weighted by Gasteiger charge is -2.16. The first kappa shape index (κ1) is 16.1. The molecule has 0 fully saturated rings. The molecule has 1 aromatic carbocycles. The molecule has 20 heavy (non-hydrogen) atoms. The maximum Gasteiger partial charge on any atom is 0.418 e. The van der Waals surface area contributed by atoms with E-state index in [4.69, 9.17) is 0 Å². The molecule has 0 unspecified atom stereocenters. The highest BCUT2D eigenvalue weighted by Crippen LogP contribution is 2.39. The van der Waals surface area contributed by atoms with E-state index in [0.29, 0.717) is 12.1 Å². The van der Waals surface area contributed by atoms with Crippen LogP contribution in [0.4, 0.5) is 36.8 Å². The fraction of sp³-hybridized carbons (Fsp3) is 0.364. The summed E-state index contributed by atoms with van der Waals surface area (Å²) < 4.78 is 79.6. The van der Waals surface area contributed by atoms with Gasteiger partial charge in [0.15, 0.2) is 0 Å². The van der Waals surface area contributed by atoms with Gasteiger partial charge in [-0.05, 0) is 25.1 Å². The minimum Gasteiger partial charge on any atom is -0.450 e. The average molecular weight is 301 g/mol. The minimum absolute atomic E-state index is 0.0679. The van der Waals surface area contributed by atoms with E-state index in [0.717, 1.165) is 0 Å². The number of amides is 1. The van der Waals surface area contributed by atoms with Gasteiger partial charge < -0.3 is 4.74 Å². The average Bonchev–Trinajstić information content (AvgIpc) is 2.26. The third kappa shape index (κ3) is 4.04. The van der Waals surface area contributed by atoms with E-state index in [2.05, 4.69) is 4.74 Å². The molecule has 0 heterocycles. The molecule has 0 bridgehead atoms. The van der Waals surface area contributed by atoms with Crippen molar-refractivity contribution in [2.45, 2.75) is 19.3 Å². The molecule has 0 spiro atoms. The lowest BCUT2D eigenvalue weighted by molar-refractivity contribution is -0.142. The number of carbonyl (C=O) groups is 1. The van der Waals surface area contributed by atoms with Crippen LogP contribution in [-0.4, -0.2) is 12.7 Å². The largest absolute Gasteiger partial charge is 0.450 e. The molecule has 112 valence electrons. The maximum atomic E-state index is 12.7. The van der Waals surface area contributed by atoms with Crippen LogP contribution >= 0.6 is 0 Å². The number of ether oxygens (including phenoxy) is 1. The number of hydrogen-bond donors (Lipinski definition) is 1. The van der Waals surface area contributed by atoms with Crippen molar-refractivity contribution in [1.29, 1.82) is 0 Å². The smallest absolute Gasteiger partial charge is 0.418 e. The Morgan fingerprint density at radius 1 is 1.15 bits per heavy atom. The zero-order valence-corrected chi connectivity index (χ0v) is 10.0. The molecule has 1 amide bonds. The predicted octanol–water partition coefficient (Wildman–Crippen LogP) is 4.29. The Morgan fingerprint density at radius 2 is 1.75 bits per heavy atom. The van der Waals surface area contributed by atoms with Crippen molar-refractivity contribution in [3.05, 3.63) is 29.3 Å². The van der Waals surface area contributed by atoms with Crippen LogP contribution in [0.25, 0.3) is 0 Å². The number of anilines is 1. The molecule has 0 aliphatic carbocycles. The quantitative estimate of drug-likeness (QED) is 0.827. The van der Waals surface area contributed by atoms with Crippen molar-refractivity contribution >= 4 is 11.8 Å². The molecule has 9 heteroatoms. The molecule has 0 saturated heterocycles. The van der Waals surface area contributed by atoms with E-state index in [-0.39, 0.29) is 12.7 Å². The second-order valence-electron chi connectivity index (χ2n) is 3.60. The number of rotatable bonds is 2. The van der Waals surface area contributed by atoms with Gasteiger partial charge in [-0.25, -0.2) is 4.79 Å². The summed E-state index contributed by atoms with van der Waals surface area (Å²) in [6.45, 7) is 1.34.